The number of hydrogen-bond acceptors (Lipinski definition) is 2. The molecule has 0 spiro atoms. The van der Waals surface area contributed by atoms with E-state index in [1.165, 1.54) is 29.2 Å². The molecule has 3 nitrogen and oxygen atoms in total. The van der Waals surface area contributed by atoms with Gasteiger partial charge in [0, 0.05) is 31.5 Å². The molecule has 0 bridgehead atoms. The Bertz CT molecular complexity index is 615. The van der Waals surface area contributed by atoms with Crippen LogP contribution in [0, 0.1) is 17.7 Å². The SMILES string of the molecule is CC(C)(C)OC(=O)N1CCC(F)(C#Cc2ccc(F)cc2)CC1. The van der Waals surface area contributed by atoms with Crippen molar-refractivity contribution in [2.45, 2.75) is 44.9 Å². The predicted molar refractivity (Wildman–Crippen MR) is 84.2 cm³/mol. The molecule has 1 aliphatic rings. The minimum atomic E-state index is -1.63. The summed E-state index contributed by atoms with van der Waals surface area (Å²) in [4.78, 5) is 13.4. The molecule has 1 heterocycles. The van der Waals surface area contributed by atoms with Crippen LogP contribution >= 0.6 is 0 Å². The van der Waals surface area contributed by atoms with Crippen molar-refractivity contribution >= 4 is 6.09 Å². The van der Waals surface area contributed by atoms with Gasteiger partial charge in [0.1, 0.15) is 11.4 Å². The van der Waals surface area contributed by atoms with E-state index in [2.05, 4.69) is 11.8 Å². The van der Waals surface area contributed by atoms with Gasteiger partial charge in [0.25, 0.3) is 0 Å². The van der Waals surface area contributed by atoms with Crippen LogP contribution in [0.15, 0.2) is 24.3 Å². The first-order chi connectivity index (χ1) is 10.7. The summed E-state index contributed by atoms with van der Waals surface area (Å²) in [6.45, 7) is 5.92. The van der Waals surface area contributed by atoms with Crippen LogP contribution in [0.3, 0.4) is 0 Å². The molecular formula is C18H21F2NO2. The van der Waals surface area contributed by atoms with E-state index >= 15 is 0 Å². The Morgan fingerprint density at radius 3 is 2.30 bits per heavy atom. The fourth-order valence-corrected chi connectivity index (χ4v) is 2.21. The standard InChI is InChI=1S/C18H21F2NO2/c1-17(2,3)23-16(22)21-12-10-18(20,11-13-21)9-8-14-4-6-15(19)7-5-14/h4-7H,10-13H2,1-3H3. The van der Waals surface area contributed by atoms with E-state index in [-0.39, 0.29) is 31.7 Å². The van der Waals surface area contributed by atoms with Crippen LogP contribution in [-0.2, 0) is 4.74 Å². The second kappa shape index (κ2) is 6.57. The fourth-order valence-electron chi connectivity index (χ4n) is 2.21. The van der Waals surface area contributed by atoms with Gasteiger partial charge in [-0.3, -0.25) is 0 Å². The normalized spacial score (nSPS) is 17.2. The third-order valence-electron chi connectivity index (χ3n) is 3.48. The molecule has 0 radical (unpaired) electrons. The molecule has 0 saturated carbocycles. The van der Waals surface area contributed by atoms with E-state index in [4.69, 9.17) is 4.74 Å². The topological polar surface area (TPSA) is 29.5 Å². The molecule has 1 amide bonds. The zero-order chi connectivity index (χ0) is 17.1. The first kappa shape index (κ1) is 17.3. The van der Waals surface area contributed by atoms with Crippen molar-refractivity contribution in [2.75, 3.05) is 13.1 Å². The number of carbonyl (C=O) groups excluding carboxylic acids is 1. The Kier molecular flexibility index (Phi) is 4.93. The molecule has 0 unspecified atom stereocenters. The molecule has 1 saturated heterocycles. The van der Waals surface area contributed by atoms with E-state index in [9.17, 15) is 13.6 Å². The number of piperidine rings is 1. The Hall–Kier alpha value is -2.09. The molecule has 2 rings (SSSR count). The van der Waals surface area contributed by atoms with Crippen LogP contribution < -0.4 is 0 Å². The van der Waals surface area contributed by atoms with Crippen molar-refractivity contribution in [3.63, 3.8) is 0 Å². The van der Waals surface area contributed by atoms with Crippen LogP contribution in [0.25, 0.3) is 0 Å². The maximum atomic E-state index is 14.7. The number of ether oxygens (including phenoxy) is 1. The first-order valence-corrected chi connectivity index (χ1v) is 7.62. The minimum Gasteiger partial charge on any atom is -0.444 e. The quantitative estimate of drug-likeness (QED) is 0.678. The zero-order valence-corrected chi connectivity index (χ0v) is 13.7. The minimum absolute atomic E-state index is 0.139. The number of likely N-dealkylation sites (tertiary alicyclic amines) is 1. The second-order valence-electron chi connectivity index (χ2n) is 6.69. The summed E-state index contributed by atoms with van der Waals surface area (Å²) >= 11 is 0. The predicted octanol–water partition coefficient (Wildman–Crippen LogP) is 3.92. The molecule has 1 aromatic carbocycles. The summed E-state index contributed by atoms with van der Waals surface area (Å²) < 4.78 is 32.8. The smallest absolute Gasteiger partial charge is 0.410 e. The summed E-state index contributed by atoms with van der Waals surface area (Å²) in [5.41, 5.74) is -1.63. The highest BCUT2D eigenvalue weighted by molar-refractivity contribution is 5.68. The molecule has 0 atom stereocenters. The van der Waals surface area contributed by atoms with Gasteiger partial charge in [-0.25, -0.2) is 13.6 Å². The van der Waals surface area contributed by atoms with Crippen LogP contribution in [0.1, 0.15) is 39.2 Å². The number of alkyl halides is 1. The lowest BCUT2D eigenvalue weighted by atomic mass is 9.94. The lowest BCUT2D eigenvalue weighted by Gasteiger charge is -2.34. The Morgan fingerprint density at radius 2 is 1.78 bits per heavy atom. The number of rotatable bonds is 0. The average Bonchev–Trinajstić information content (AvgIpc) is 2.46. The molecule has 124 valence electrons. The lowest BCUT2D eigenvalue weighted by Crippen LogP contribution is -2.45. The molecule has 0 N–H and O–H groups in total. The van der Waals surface area contributed by atoms with Gasteiger partial charge in [-0.15, -0.1) is 0 Å². The van der Waals surface area contributed by atoms with Crippen molar-refractivity contribution in [2.24, 2.45) is 0 Å². The number of nitrogens with zero attached hydrogens (tertiary/aromatic N) is 1. The fraction of sp³-hybridized carbons (Fsp3) is 0.500. The maximum absolute atomic E-state index is 14.7. The third-order valence-corrected chi connectivity index (χ3v) is 3.48. The molecule has 23 heavy (non-hydrogen) atoms. The van der Waals surface area contributed by atoms with E-state index in [0.29, 0.717) is 5.56 Å². The third kappa shape index (κ3) is 5.24. The van der Waals surface area contributed by atoms with Gasteiger partial charge in [-0.1, -0.05) is 11.8 Å². The lowest BCUT2D eigenvalue weighted by molar-refractivity contribution is 0.0117. The number of halogens is 2. The van der Waals surface area contributed by atoms with E-state index in [1.54, 1.807) is 20.8 Å². The highest BCUT2D eigenvalue weighted by Gasteiger charge is 2.35. The van der Waals surface area contributed by atoms with Crippen molar-refractivity contribution in [3.8, 4) is 11.8 Å². The Morgan fingerprint density at radius 1 is 1.22 bits per heavy atom. The monoisotopic (exact) mass is 321 g/mol. The maximum Gasteiger partial charge on any atom is 0.410 e. The molecule has 5 heteroatoms. The second-order valence-corrected chi connectivity index (χ2v) is 6.69. The largest absolute Gasteiger partial charge is 0.444 e. The van der Waals surface area contributed by atoms with Gasteiger partial charge in [-0.05, 0) is 45.0 Å². The molecule has 0 aliphatic carbocycles. The summed E-state index contributed by atoms with van der Waals surface area (Å²) in [5, 5.41) is 0. The van der Waals surface area contributed by atoms with Crippen molar-refractivity contribution < 1.29 is 18.3 Å². The summed E-state index contributed by atoms with van der Waals surface area (Å²) in [6.07, 6.45) is -0.146. The number of amides is 1. The van der Waals surface area contributed by atoms with Crippen molar-refractivity contribution in [3.05, 3.63) is 35.6 Å². The van der Waals surface area contributed by atoms with E-state index in [0.717, 1.165) is 0 Å². The van der Waals surface area contributed by atoms with Crippen LogP contribution in [0.2, 0.25) is 0 Å². The molecule has 1 aromatic rings. The molecular weight excluding hydrogens is 300 g/mol. The van der Waals surface area contributed by atoms with Gasteiger partial charge in [-0.2, -0.15) is 0 Å². The van der Waals surface area contributed by atoms with Crippen LogP contribution in [-0.4, -0.2) is 35.4 Å². The highest BCUT2D eigenvalue weighted by atomic mass is 19.1. The zero-order valence-electron chi connectivity index (χ0n) is 13.7. The Labute approximate surface area is 135 Å². The Balaban J connectivity index is 1.95. The summed E-state index contributed by atoms with van der Waals surface area (Å²) in [6, 6.07) is 5.61. The van der Waals surface area contributed by atoms with Crippen molar-refractivity contribution in [1.82, 2.24) is 4.90 Å². The van der Waals surface area contributed by atoms with E-state index < -0.39 is 17.4 Å². The molecule has 1 fully saturated rings. The summed E-state index contributed by atoms with van der Waals surface area (Å²) in [5.74, 6) is 5.01. The van der Waals surface area contributed by atoms with E-state index in [1.807, 2.05) is 0 Å². The van der Waals surface area contributed by atoms with Crippen molar-refractivity contribution in [1.29, 1.82) is 0 Å². The van der Waals surface area contributed by atoms with Gasteiger partial charge in [0.05, 0.1) is 0 Å². The average molecular weight is 321 g/mol. The van der Waals surface area contributed by atoms with Crippen LogP contribution in [0.4, 0.5) is 13.6 Å². The highest BCUT2D eigenvalue weighted by Crippen LogP contribution is 2.27. The van der Waals surface area contributed by atoms with Gasteiger partial charge in [0.2, 0.25) is 0 Å². The number of benzene rings is 1. The van der Waals surface area contributed by atoms with Gasteiger partial charge >= 0.3 is 6.09 Å². The van der Waals surface area contributed by atoms with Gasteiger partial charge in [0.15, 0.2) is 5.67 Å². The first-order valence-electron chi connectivity index (χ1n) is 7.62. The number of carbonyl (C=O) groups is 1. The summed E-state index contributed by atoms with van der Waals surface area (Å²) in [7, 11) is 0. The van der Waals surface area contributed by atoms with Gasteiger partial charge < -0.3 is 9.64 Å². The molecule has 1 aliphatic heterocycles. The number of hydrogen-bond donors (Lipinski definition) is 0. The van der Waals surface area contributed by atoms with Crippen LogP contribution in [0.5, 0.6) is 0 Å². The molecule has 0 aromatic heterocycles.